The monoisotopic (exact) mass is 393 g/mol. The van der Waals surface area contributed by atoms with Crippen LogP contribution in [-0.4, -0.2) is 28.4 Å². The highest BCUT2D eigenvalue weighted by Crippen LogP contribution is 2.30. The van der Waals surface area contributed by atoms with Crippen molar-refractivity contribution >= 4 is 56.1 Å². The first kappa shape index (κ1) is 16.4. The number of thioether (sulfide) groups is 1. The van der Waals surface area contributed by atoms with Crippen LogP contribution in [-0.2, 0) is 4.79 Å². The zero-order valence-electron chi connectivity index (χ0n) is 12.4. The van der Waals surface area contributed by atoms with Gasteiger partial charge in [-0.1, -0.05) is 34.1 Å². The largest absolute Gasteiger partial charge is 0.367 e. The number of carbonyl (C=O) groups excluding carboxylic acids is 2. The fourth-order valence-electron chi connectivity index (χ4n) is 2.72. The summed E-state index contributed by atoms with van der Waals surface area (Å²) in [5.41, 5.74) is 1.69. The lowest BCUT2D eigenvalue weighted by atomic mass is 9.87. The van der Waals surface area contributed by atoms with E-state index in [4.69, 9.17) is 0 Å². The Bertz CT molecular complexity index is 685. The molecule has 0 spiro atoms. The van der Waals surface area contributed by atoms with E-state index >= 15 is 0 Å². The van der Waals surface area contributed by atoms with E-state index < -0.39 is 6.03 Å². The van der Waals surface area contributed by atoms with Gasteiger partial charge in [0.2, 0.25) is 5.91 Å². The number of urea groups is 1. The lowest BCUT2D eigenvalue weighted by Gasteiger charge is -2.26. The number of halogens is 1. The van der Waals surface area contributed by atoms with E-state index in [-0.39, 0.29) is 17.6 Å². The van der Waals surface area contributed by atoms with Gasteiger partial charge in [-0.25, -0.2) is 9.79 Å². The average molecular weight is 394 g/mol. The van der Waals surface area contributed by atoms with E-state index in [1.807, 2.05) is 24.3 Å². The van der Waals surface area contributed by atoms with Crippen molar-refractivity contribution in [1.29, 1.82) is 0 Å². The van der Waals surface area contributed by atoms with Crippen molar-refractivity contribution < 1.29 is 9.59 Å². The van der Waals surface area contributed by atoms with Crippen molar-refractivity contribution in [3.05, 3.63) is 28.7 Å². The molecule has 1 aromatic carbocycles. The Morgan fingerprint density at radius 3 is 2.83 bits per heavy atom. The van der Waals surface area contributed by atoms with Gasteiger partial charge in [0.1, 0.15) is 0 Å². The lowest BCUT2D eigenvalue weighted by Crippen LogP contribution is -2.31. The first-order valence-corrected chi connectivity index (χ1v) is 9.28. The van der Waals surface area contributed by atoms with Crippen LogP contribution in [0.1, 0.15) is 25.7 Å². The first-order chi connectivity index (χ1) is 11.1. The summed E-state index contributed by atoms with van der Waals surface area (Å²) in [7, 11) is 0. The number of aliphatic imine (C=N–C) groups is 2. The highest BCUT2D eigenvalue weighted by molar-refractivity contribution is 9.10. The zero-order valence-corrected chi connectivity index (χ0v) is 14.8. The maximum Gasteiger partial charge on any atom is 0.367 e. The number of anilines is 1. The van der Waals surface area contributed by atoms with Gasteiger partial charge in [0.15, 0.2) is 0 Å². The minimum Gasteiger partial charge on any atom is -0.325 e. The Morgan fingerprint density at radius 2 is 2.04 bits per heavy atom. The number of hydrogen-bond acceptors (Lipinski definition) is 3. The van der Waals surface area contributed by atoms with Crippen LogP contribution in [0.5, 0.6) is 0 Å². The molecule has 3 amide bonds. The van der Waals surface area contributed by atoms with Crippen molar-refractivity contribution in [3.8, 4) is 0 Å². The van der Waals surface area contributed by atoms with E-state index in [9.17, 15) is 9.59 Å². The molecule has 0 aromatic heterocycles. The number of rotatable bonds is 3. The maximum absolute atomic E-state index is 12.1. The van der Waals surface area contributed by atoms with Gasteiger partial charge < -0.3 is 5.32 Å². The van der Waals surface area contributed by atoms with Crippen LogP contribution in [0, 0.1) is 5.92 Å². The standard InChI is InChI=1S/C16H16BrN3O2S/c17-10-5-7-11(8-6-10)18-14(21)9-23-15-12-3-1-2-4-13(12)19-16(22)20-15/h5-8,12H,1-4,9H2,(H,18,21). The van der Waals surface area contributed by atoms with Crippen molar-refractivity contribution in [3.63, 3.8) is 0 Å². The maximum atomic E-state index is 12.1. The second-order valence-corrected chi connectivity index (χ2v) is 7.39. The SMILES string of the molecule is O=C1N=C2CCCCC2C(SCC(=O)Nc2ccc(Br)cc2)=N1. The van der Waals surface area contributed by atoms with Gasteiger partial charge in [0.25, 0.3) is 0 Å². The van der Waals surface area contributed by atoms with Crippen LogP contribution in [0.4, 0.5) is 10.5 Å². The van der Waals surface area contributed by atoms with Crippen LogP contribution in [0.2, 0.25) is 0 Å². The third kappa shape index (κ3) is 4.29. The highest BCUT2D eigenvalue weighted by atomic mass is 79.9. The smallest absolute Gasteiger partial charge is 0.325 e. The molecule has 5 nitrogen and oxygen atoms in total. The number of hydrogen-bond donors (Lipinski definition) is 1. The number of fused-ring (bicyclic) bond motifs is 1. The first-order valence-electron chi connectivity index (χ1n) is 7.50. The molecule has 1 heterocycles. The molecular weight excluding hydrogens is 378 g/mol. The van der Waals surface area contributed by atoms with Gasteiger partial charge >= 0.3 is 6.03 Å². The summed E-state index contributed by atoms with van der Waals surface area (Å²) in [4.78, 5) is 31.7. The summed E-state index contributed by atoms with van der Waals surface area (Å²) in [6.07, 6.45) is 4.01. The van der Waals surface area contributed by atoms with Gasteiger partial charge in [0, 0.05) is 21.8 Å². The molecule has 1 atom stereocenters. The van der Waals surface area contributed by atoms with Crippen molar-refractivity contribution in [2.24, 2.45) is 15.9 Å². The number of amides is 3. The summed E-state index contributed by atoms with van der Waals surface area (Å²) in [6.45, 7) is 0. The third-order valence-corrected chi connectivity index (χ3v) is 5.41. The van der Waals surface area contributed by atoms with Gasteiger partial charge in [0.05, 0.1) is 10.8 Å². The molecule has 23 heavy (non-hydrogen) atoms. The molecular formula is C16H16BrN3O2S. The van der Waals surface area contributed by atoms with Gasteiger partial charge in [-0.2, -0.15) is 4.99 Å². The third-order valence-electron chi connectivity index (χ3n) is 3.80. The minimum absolute atomic E-state index is 0.104. The molecule has 3 rings (SSSR count). The van der Waals surface area contributed by atoms with E-state index in [1.54, 1.807) is 0 Å². The van der Waals surface area contributed by atoms with Crippen molar-refractivity contribution in [2.75, 3.05) is 11.1 Å². The summed E-state index contributed by atoms with van der Waals surface area (Å²) in [5.74, 6) is 0.269. The molecule has 1 aliphatic heterocycles. The molecule has 1 aliphatic carbocycles. The number of carbonyl (C=O) groups is 2. The van der Waals surface area contributed by atoms with E-state index in [0.717, 1.165) is 46.6 Å². The molecule has 1 unspecified atom stereocenters. The predicted molar refractivity (Wildman–Crippen MR) is 97.5 cm³/mol. The van der Waals surface area contributed by atoms with Crippen LogP contribution in [0.25, 0.3) is 0 Å². The predicted octanol–water partition coefficient (Wildman–Crippen LogP) is 4.28. The van der Waals surface area contributed by atoms with Crippen molar-refractivity contribution in [1.82, 2.24) is 0 Å². The average Bonchev–Trinajstić information content (AvgIpc) is 2.54. The van der Waals surface area contributed by atoms with Crippen LogP contribution in [0.15, 0.2) is 38.7 Å². The van der Waals surface area contributed by atoms with Crippen LogP contribution in [0.3, 0.4) is 0 Å². The summed E-state index contributed by atoms with van der Waals surface area (Å²) in [5, 5.41) is 3.58. The highest BCUT2D eigenvalue weighted by Gasteiger charge is 2.30. The number of benzene rings is 1. The van der Waals surface area contributed by atoms with E-state index in [1.165, 1.54) is 11.8 Å². The molecule has 1 saturated carbocycles. The number of nitrogens with one attached hydrogen (secondary N) is 1. The Kier molecular flexibility index (Phi) is 5.27. The molecule has 120 valence electrons. The molecule has 1 N–H and O–H groups in total. The Balaban J connectivity index is 1.57. The normalized spacial score (nSPS) is 20.4. The van der Waals surface area contributed by atoms with Gasteiger partial charge in [-0.3, -0.25) is 4.79 Å². The van der Waals surface area contributed by atoms with E-state index in [0.29, 0.717) is 0 Å². The summed E-state index contributed by atoms with van der Waals surface area (Å²) in [6, 6.07) is 6.98. The van der Waals surface area contributed by atoms with Crippen LogP contribution < -0.4 is 5.32 Å². The summed E-state index contributed by atoms with van der Waals surface area (Å²) < 4.78 is 0.962. The molecule has 0 radical (unpaired) electrons. The Morgan fingerprint density at radius 1 is 1.26 bits per heavy atom. The molecule has 7 heteroatoms. The number of nitrogens with zero attached hydrogens (tertiary/aromatic N) is 2. The van der Waals surface area contributed by atoms with Crippen molar-refractivity contribution in [2.45, 2.75) is 25.7 Å². The quantitative estimate of drug-likeness (QED) is 0.832. The molecule has 1 aromatic rings. The van der Waals surface area contributed by atoms with E-state index in [2.05, 4.69) is 31.2 Å². The zero-order chi connectivity index (χ0) is 16.2. The van der Waals surface area contributed by atoms with Gasteiger partial charge in [-0.05, 0) is 43.5 Å². The molecule has 0 saturated heterocycles. The Hall–Kier alpha value is -1.47. The van der Waals surface area contributed by atoms with Crippen LogP contribution >= 0.6 is 27.7 Å². The molecule has 2 aliphatic rings. The lowest BCUT2D eigenvalue weighted by molar-refractivity contribution is -0.113. The second-order valence-electron chi connectivity index (χ2n) is 5.48. The van der Waals surface area contributed by atoms with Gasteiger partial charge in [-0.15, -0.1) is 0 Å². The second kappa shape index (κ2) is 7.40. The Labute approximate surface area is 147 Å². The minimum atomic E-state index is -0.436. The summed E-state index contributed by atoms with van der Waals surface area (Å²) >= 11 is 4.70. The topological polar surface area (TPSA) is 70.9 Å². The molecule has 0 bridgehead atoms. The fourth-order valence-corrected chi connectivity index (χ4v) is 3.93. The fraction of sp³-hybridized carbons (Fsp3) is 0.375. The molecule has 1 fully saturated rings.